The number of nitrogens with zero attached hydrogens (tertiary/aromatic N) is 2. The van der Waals surface area contributed by atoms with Gasteiger partial charge in [-0.25, -0.2) is 0 Å². The quantitative estimate of drug-likeness (QED) is 0.677. The molecule has 0 radical (unpaired) electrons. The summed E-state index contributed by atoms with van der Waals surface area (Å²) < 4.78 is 0. The third kappa shape index (κ3) is 3.22. The van der Waals surface area contributed by atoms with E-state index in [9.17, 15) is 14.9 Å². The monoisotopic (exact) mass is 325 g/mol. The third-order valence-corrected chi connectivity index (χ3v) is 4.33. The van der Waals surface area contributed by atoms with Gasteiger partial charge in [0.25, 0.3) is 11.6 Å². The second-order valence-electron chi connectivity index (χ2n) is 5.94. The molecule has 2 aromatic carbocycles. The van der Waals surface area contributed by atoms with Crippen LogP contribution in [-0.4, -0.2) is 30.0 Å². The fraction of sp³-hybridized carbons (Fsp3) is 0.278. The number of carbonyl (C=O) groups excluding carboxylic acids is 1. The molecule has 24 heavy (non-hydrogen) atoms. The second kappa shape index (κ2) is 6.70. The molecule has 6 nitrogen and oxygen atoms in total. The third-order valence-electron chi connectivity index (χ3n) is 4.33. The molecule has 3 rings (SSSR count). The van der Waals surface area contributed by atoms with Crippen molar-refractivity contribution in [2.75, 3.05) is 18.0 Å². The molecule has 0 unspecified atom stereocenters. The van der Waals surface area contributed by atoms with E-state index in [0.717, 1.165) is 13.0 Å². The highest BCUT2D eigenvalue weighted by Gasteiger charge is 2.23. The molecule has 1 aliphatic heterocycles. The minimum atomic E-state index is -0.499. The summed E-state index contributed by atoms with van der Waals surface area (Å²) >= 11 is 0. The number of benzene rings is 2. The Morgan fingerprint density at radius 1 is 1.29 bits per heavy atom. The van der Waals surface area contributed by atoms with Crippen molar-refractivity contribution in [3.05, 3.63) is 69.8 Å². The van der Waals surface area contributed by atoms with E-state index >= 15 is 0 Å². The molecular weight excluding hydrogens is 306 g/mol. The fourth-order valence-corrected chi connectivity index (χ4v) is 3.03. The Balaban J connectivity index is 1.63. The predicted molar refractivity (Wildman–Crippen MR) is 92.4 cm³/mol. The van der Waals surface area contributed by atoms with Crippen molar-refractivity contribution in [3.8, 4) is 0 Å². The van der Waals surface area contributed by atoms with Crippen LogP contribution in [-0.2, 0) is 6.42 Å². The maximum absolute atomic E-state index is 12.2. The molecule has 1 N–H and O–H groups in total. The summed E-state index contributed by atoms with van der Waals surface area (Å²) in [5.41, 5.74) is 2.77. The fourth-order valence-electron chi connectivity index (χ4n) is 3.03. The summed E-state index contributed by atoms with van der Waals surface area (Å²) in [5, 5.41) is 13.7. The van der Waals surface area contributed by atoms with E-state index in [4.69, 9.17) is 0 Å². The normalized spacial score (nSPS) is 14.1. The molecule has 0 saturated heterocycles. The van der Waals surface area contributed by atoms with Crippen LogP contribution in [0.25, 0.3) is 0 Å². The van der Waals surface area contributed by atoms with Crippen LogP contribution in [0.2, 0.25) is 0 Å². The number of nitrogens with one attached hydrogen (secondary N) is 1. The first-order chi connectivity index (χ1) is 11.6. The van der Waals surface area contributed by atoms with Crippen molar-refractivity contribution in [2.45, 2.75) is 19.4 Å². The topological polar surface area (TPSA) is 75.5 Å². The van der Waals surface area contributed by atoms with E-state index in [1.807, 2.05) is 12.1 Å². The highest BCUT2D eigenvalue weighted by molar-refractivity contribution is 5.94. The summed E-state index contributed by atoms with van der Waals surface area (Å²) in [7, 11) is 0. The Morgan fingerprint density at radius 2 is 2.08 bits per heavy atom. The van der Waals surface area contributed by atoms with Gasteiger partial charge in [-0.2, -0.15) is 0 Å². The molecule has 0 saturated carbocycles. The SMILES string of the molecule is C[C@@H](CNC(=O)c1cccc([N+](=O)[O-])c1)N1CCc2ccccc21. The van der Waals surface area contributed by atoms with E-state index in [-0.39, 0.29) is 17.6 Å². The number of carbonyl (C=O) groups is 1. The van der Waals surface area contributed by atoms with Crippen LogP contribution in [0, 0.1) is 10.1 Å². The summed E-state index contributed by atoms with van der Waals surface area (Å²) in [4.78, 5) is 24.8. The first-order valence-corrected chi connectivity index (χ1v) is 7.93. The molecule has 0 aromatic heterocycles. The molecule has 6 heteroatoms. The molecule has 1 atom stereocenters. The van der Waals surface area contributed by atoms with Crippen molar-refractivity contribution >= 4 is 17.3 Å². The van der Waals surface area contributed by atoms with Crippen molar-refractivity contribution in [1.82, 2.24) is 5.32 Å². The van der Waals surface area contributed by atoms with Gasteiger partial charge in [0.1, 0.15) is 0 Å². The molecule has 1 amide bonds. The number of para-hydroxylation sites is 1. The molecule has 1 aliphatic rings. The largest absolute Gasteiger partial charge is 0.366 e. The average Bonchev–Trinajstić information content (AvgIpc) is 3.03. The van der Waals surface area contributed by atoms with Crippen LogP contribution < -0.4 is 10.2 Å². The standard InChI is InChI=1S/C18H19N3O3/c1-13(20-10-9-14-5-2-3-8-17(14)20)12-19-18(22)15-6-4-7-16(11-15)21(23)24/h2-8,11,13H,9-10,12H2,1H3,(H,19,22)/t13-/m0/s1. The first-order valence-electron chi connectivity index (χ1n) is 7.93. The van der Waals surface area contributed by atoms with Crippen LogP contribution in [0.15, 0.2) is 48.5 Å². The van der Waals surface area contributed by atoms with E-state index in [1.165, 1.54) is 29.4 Å². The number of non-ortho nitro benzene ring substituents is 1. The molecule has 1 heterocycles. The van der Waals surface area contributed by atoms with E-state index in [2.05, 4.69) is 29.3 Å². The Labute approximate surface area is 140 Å². The molecule has 0 fully saturated rings. The zero-order chi connectivity index (χ0) is 17.1. The van der Waals surface area contributed by atoms with Gasteiger partial charge in [0, 0.05) is 42.5 Å². The number of nitro groups is 1. The number of hydrogen-bond acceptors (Lipinski definition) is 4. The number of rotatable bonds is 5. The van der Waals surface area contributed by atoms with Crippen molar-refractivity contribution < 1.29 is 9.72 Å². The van der Waals surface area contributed by atoms with Crippen molar-refractivity contribution in [1.29, 1.82) is 0 Å². The molecule has 124 valence electrons. The highest BCUT2D eigenvalue weighted by Crippen LogP contribution is 2.28. The number of amides is 1. The number of nitro benzene ring substituents is 1. The van der Waals surface area contributed by atoms with Crippen LogP contribution in [0.4, 0.5) is 11.4 Å². The van der Waals surface area contributed by atoms with Gasteiger partial charge in [0.05, 0.1) is 4.92 Å². The minimum absolute atomic E-state index is 0.0795. The van der Waals surface area contributed by atoms with Gasteiger partial charge in [-0.15, -0.1) is 0 Å². The van der Waals surface area contributed by atoms with Gasteiger partial charge >= 0.3 is 0 Å². The summed E-state index contributed by atoms with van der Waals surface area (Å²) in [6.07, 6.45) is 1.01. The van der Waals surface area contributed by atoms with Crippen LogP contribution in [0.1, 0.15) is 22.8 Å². The Bertz CT molecular complexity index is 776. The molecule has 2 aromatic rings. The zero-order valence-electron chi connectivity index (χ0n) is 13.4. The minimum Gasteiger partial charge on any atom is -0.366 e. The maximum Gasteiger partial charge on any atom is 0.270 e. The number of anilines is 1. The lowest BCUT2D eigenvalue weighted by molar-refractivity contribution is -0.384. The molecular formula is C18H19N3O3. The summed E-state index contributed by atoms with van der Waals surface area (Å²) in [6, 6.07) is 14.2. The number of fused-ring (bicyclic) bond motifs is 1. The smallest absolute Gasteiger partial charge is 0.270 e. The highest BCUT2D eigenvalue weighted by atomic mass is 16.6. The van der Waals surface area contributed by atoms with Gasteiger partial charge in [-0.05, 0) is 31.0 Å². The van der Waals surface area contributed by atoms with E-state index < -0.39 is 4.92 Å². The van der Waals surface area contributed by atoms with Crippen LogP contribution in [0.5, 0.6) is 0 Å². The van der Waals surface area contributed by atoms with Gasteiger partial charge in [0.2, 0.25) is 0 Å². The molecule has 0 spiro atoms. The van der Waals surface area contributed by atoms with Crippen LogP contribution in [0.3, 0.4) is 0 Å². The Morgan fingerprint density at radius 3 is 2.88 bits per heavy atom. The van der Waals surface area contributed by atoms with Gasteiger partial charge in [-0.1, -0.05) is 24.3 Å². The van der Waals surface area contributed by atoms with E-state index in [0.29, 0.717) is 12.1 Å². The number of hydrogen-bond donors (Lipinski definition) is 1. The van der Waals surface area contributed by atoms with Crippen molar-refractivity contribution in [2.24, 2.45) is 0 Å². The van der Waals surface area contributed by atoms with Gasteiger partial charge < -0.3 is 10.2 Å². The molecule has 0 aliphatic carbocycles. The summed E-state index contributed by atoms with van der Waals surface area (Å²) in [5.74, 6) is -0.293. The maximum atomic E-state index is 12.2. The Kier molecular flexibility index (Phi) is 4.46. The predicted octanol–water partition coefficient (Wildman–Crippen LogP) is 2.78. The Hall–Kier alpha value is -2.89. The van der Waals surface area contributed by atoms with Crippen molar-refractivity contribution in [3.63, 3.8) is 0 Å². The van der Waals surface area contributed by atoms with Crippen LogP contribution >= 0.6 is 0 Å². The second-order valence-corrected chi connectivity index (χ2v) is 5.94. The summed E-state index contributed by atoms with van der Waals surface area (Å²) in [6.45, 7) is 3.48. The van der Waals surface area contributed by atoms with E-state index in [1.54, 1.807) is 6.07 Å². The molecule has 0 bridgehead atoms. The van der Waals surface area contributed by atoms with Gasteiger partial charge in [-0.3, -0.25) is 14.9 Å². The lowest BCUT2D eigenvalue weighted by Crippen LogP contribution is -2.41. The lowest BCUT2D eigenvalue weighted by Gasteiger charge is -2.27. The average molecular weight is 325 g/mol. The first kappa shape index (κ1) is 16.0. The lowest BCUT2D eigenvalue weighted by atomic mass is 10.1. The van der Waals surface area contributed by atoms with Gasteiger partial charge in [0.15, 0.2) is 0 Å². The zero-order valence-corrected chi connectivity index (χ0v) is 13.4.